The van der Waals surface area contributed by atoms with Crippen molar-refractivity contribution < 1.29 is 4.42 Å². The smallest absolute Gasteiger partial charge is 0.202 e. The van der Waals surface area contributed by atoms with Crippen LogP contribution in [0.25, 0.3) is 11.1 Å². The van der Waals surface area contributed by atoms with Crippen molar-refractivity contribution in [3.05, 3.63) is 60.0 Å². The van der Waals surface area contributed by atoms with Gasteiger partial charge in [0, 0.05) is 18.8 Å². The number of para-hydroxylation sites is 1. The molecule has 4 heteroatoms. The van der Waals surface area contributed by atoms with Crippen LogP contribution >= 0.6 is 0 Å². The number of aryl methyl sites for hydroxylation is 1. The van der Waals surface area contributed by atoms with Crippen LogP contribution in [0.2, 0.25) is 0 Å². The number of rotatable bonds is 3. The van der Waals surface area contributed by atoms with Crippen molar-refractivity contribution in [2.45, 2.75) is 18.9 Å². The monoisotopic (exact) mass is 293 g/mol. The maximum absolute atomic E-state index is 5.98. The van der Waals surface area contributed by atoms with Gasteiger partial charge in [-0.05, 0) is 36.8 Å². The van der Waals surface area contributed by atoms with Crippen molar-refractivity contribution in [3.63, 3.8) is 0 Å². The van der Waals surface area contributed by atoms with Crippen LogP contribution < -0.4 is 10.6 Å². The molecule has 112 valence electrons. The summed E-state index contributed by atoms with van der Waals surface area (Å²) in [6, 6.07) is 16.7. The Labute approximate surface area is 129 Å². The fraction of sp³-hybridized carbons (Fsp3) is 0.278. The molecule has 1 aliphatic rings. The highest BCUT2D eigenvalue weighted by Crippen LogP contribution is 2.28. The Hall–Kier alpha value is -2.33. The summed E-state index contributed by atoms with van der Waals surface area (Å²) in [5, 5.41) is 7.02. The lowest BCUT2D eigenvalue weighted by Crippen LogP contribution is -2.27. The van der Waals surface area contributed by atoms with Gasteiger partial charge in [0.1, 0.15) is 5.52 Å². The Morgan fingerprint density at radius 2 is 2.00 bits per heavy atom. The van der Waals surface area contributed by atoms with E-state index in [1.165, 1.54) is 5.56 Å². The van der Waals surface area contributed by atoms with Gasteiger partial charge in [-0.3, -0.25) is 0 Å². The quantitative estimate of drug-likeness (QED) is 0.778. The number of nitrogens with zero attached hydrogens (tertiary/aromatic N) is 1. The summed E-state index contributed by atoms with van der Waals surface area (Å²) >= 11 is 0. The molecular weight excluding hydrogens is 274 g/mol. The molecule has 0 saturated carbocycles. The Kier molecular flexibility index (Phi) is 3.31. The zero-order valence-electron chi connectivity index (χ0n) is 12.5. The van der Waals surface area contributed by atoms with Crippen LogP contribution in [0.4, 0.5) is 5.69 Å². The Morgan fingerprint density at radius 3 is 2.86 bits per heavy atom. The Bertz CT molecular complexity index is 781. The molecule has 1 aliphatic heterocycles. The van der Waals surface area contributed by atoms with E-state index < -0.39 is 0 Å². The van der Waals surface area contributed by atoms with Crippen LogP contribution in [0, 0.1) is 6.92 Å². The molecular formula is C18H19N3O. The molecule has 2 heterocycles. The van der Waals surface area contributed by atoms with Crippen LogP contribution in [0.3, 0.4) is 0 Å². The summed E-state index contributed by atoms with van der Waals surface area (Å²) in [5.41, 5.74) is 4.15. The SMILES string of the molecule is Cc1ccc2oc(C3CNCC3Nc3ccccc3)nc2c1. The normalized spacial score (nSPS) is 21.3. The average Bonchev–Trinajstić information content (AvgIpc) is 3.14. The fourth-order valence-electron chi connectivity index (χ4n) is 3.05. The molecule has 4 rings (SSSR count). The number of aromatic nitrogens is 1. The van der Waals surface area contributed by atoms with E-state index in [4.69, 9.17) is 9.40 Å². The second-order valence-electron chi connectivity index (χ2n) is 5.90. The second kappa shape index (κ2) is 5.46. The van der Waals surface area contributed by atoms with Gasteiger partial charge in [0.15, 0.2) is 5.58 Å². The first-order valence-electron chi connectivity index (χ1n) is 7.69. The van der Waals surface area contributed by atoms with Crippen molar-refractivity contribution in [1.29, 1.82) is 0 Å². The van der Waals surface area contributed by atoms with Crippen LogP contribution in [-0.4, -0.2) is 24.1 Å². The number of nitrogens with one attached hydrogen (secondary N) is 2. The molecule has 0 amide bonds. The van der Waals surface area contributed by atoms with Gasteiger partial charge >= 0.3 is 0 Å². The van der Waals surface area contributed by atoms with Gasteiger partial charge in [-0.1, -0.05) is 24.3 Å². The molecule has 0 spiro atoms. The topological polar surface area (TPSA) is 50.1 Å². The number of oxazole rings is 1. The van der Waals surface area contributed by atoms with E-state index in [-0.39, 0.29) is 12.0 Å². The predicted octanol–water partition coefficient (Wildman–Crippen LogP) is 3.30. The molecule has 2 N–H and O–H groups in total. The van der Waals surface area contributed by atoms with Crippen LogP contribution in [0.1, 0.15) is 17.4 Å². The molecule has 3 aromatic rings. The third kappa shape index (κ3) is 2.46. The predicted molar refractivity (Wildman–Crippen MR) is 88.2 cm³/mol. The number of hydrogen-bond acceptors (Lipinski definition) is 4. The number of hydrogen-bond donors (Lipinski definition) is 2. The summed E-state index contributed by atoms with van der Waals surface area (Å²) in [7, 11) is 0. The molecule has 0 aliphatic carbocycles. The Morgan fingerprint density at radius 1 is 1.14 bits per heavy atom. The van der Waals surface area contributed by atoms with Crippen molar-refractivity contribution in [1.82, 2.24) is 10.3 Å². The van der Waals surface area contributed by atoms with Crippen LogP contribution in [-0.2, 0) is 0 Å². The van der Waals surface area contributed by atoms with Gasteiger partial charge in [0.25, 0.3) is 0 Å². The molecule has 2 unspecified atom stereocenters. The first-order chi connectivity index (χ1) is 10.8. The number of benzene rings is 2. The fourth-order valence-corrected chi connectivity index (χ4v) is 3.05. The largest absolute Gasteiger partial charge is 0.440 e. The van der Waals surface area contributed by atoms with Crippen LogP contribution in [0.15, 0.2) is 52.9 Å². The highest BCUT2D eigenvalue weighted by Gasteiger charge is 2.32. The van der Waals surface area contributed by atoms with Gasteiger partial charge in [-0.2, -0.15) is 0 Å². The minimum atomic E-state index is 0.243. The van der Waals surface area contributed by atoms with Crippen molar-refractivity contribution in [2.24, 2.45) is 0 Å². The molecule has 2 aromatic carbocycles. The zero-order chi connectivity index (χ0) is 14.9. The number of fused-ring (bicyclic) bond motifs is 1. The third-order valence-electron chi connectivity index (χ3n) is 4.22. The molecule has 1 aromatic heterocycles. The molecule has 4 nitrogen and oxygen atoms in total. The second-order valence-corrected chi connectivity index (χ2v) is 5.90. The molecule has 1 fully saturated rings. The summed E-state index contributed by atoms with van der Waals surface area (Å²) in [6.45, 7) is 3.87. The number of anilines is 1. The van der Waals surface area contributed by atoms with E-state index in [2.05, 4.69) is 41.8 Å². The third-order valence-corrected chi connectivity index (χ3v) is 4.22. The molecule has 2 atom stereocenters. The maximum Gasteiger partial charge on any atom is 0.202 e. The van der Waals surface area contributed by atoms with E-state index in [1.54, 1.807) is 0 Å². The lowest BCUT2D eigenvalue weighted by Gasteiger charge is -2.18. The maximum atomic E-state index is 5.98. The van der Waals surface area contributed by atoms with E-state index in [0.717, 1.165) is 35.8 Å². The lowest BCUT2D eigenvalue weighted by molar-refractivity contribution is 0.472. The minimum absolute atomic E-state index is 0.243. The van der Waals surface area contributed by atoms with Gasteiger partial charge in [0.2, 0.25) is 5.89 Å². The van der Waals surface area contributed by atoms with Crippen molar-refractivity contribution in [2.75, 3.05) is 18.4 Å². The van der Waals surface area contributed by atoms with E-state index in [1.807, 2.05) is 24.3 Å². The van der Waals surface area contributed by atoms with Crippen molar-refractivity contribution in [3.8, 4) is 0 Å². The molecule has 0 radical (unpaired) electrons. The molecule has 22 heavy (non-hydrogen) atoms. The van der Waals surface area contributed by atoms with Gasteiger partial charge in [0.05, 0.1) is 12.0 Å². The van der Waals surface area contributed by atoms with Gasteiger partial charge in [-0.25, -0.2) is 4.98 Å². The van der Waals surface area contributed by atoms with Gasteiger partial charge < -0.3 is 15.1 Å². The highest BCUT2D eigenvalue weighted by atomic mass is 16.3. The molecule has 1 saturated heterocycles. The molecule has 0 bridgehead atoms. The first kappa shape index (κ1) is 13.3. The van der Waals surface area contributed by atoms with E-state index >= 15 is 0 Å². The summed E-state index contributed by atoms with van der Waals surface area (Å²) in [5.74, 6) is 1.06. The van der Waals surface area contributed by atoms with Gasteiger partial charge in [-0.15, -0.1) is 0 Å². The summed E-state index contributed by atoms with van der Waals surface area (Å²) in [4.78, 5) is 4.70. The lowest BCUT2D eigenvalue weighted by atomic mass is 10.0. The van der Waals surface area contributed by atoms with E-state index in [9.17, 15) is 0 Å². The van der Waals surface area contributed by atoms with E-state index in [0.29, 0.717) is 0 Å². The Balaban J connectivity index is 1.61. The van der Waals surface area contributed by atoms with Crippen LogP contribution in [0.5, 0.6) is 0 Å². The first-order valence-corrected chi connectivity index (χ1v) is 7.69. The minimum Gasteiger partial charge on any atom is -0.440 e. The van der Waals surface area contributed by atoms with Crippen molar-refractivity contribution >= 4 is 16.8 Å². The summed E-state index contributed by atoms with van der Waals surface area (Å²) in [6.07, 6.45) is 0. The average molecular weight is 293 g/mol. The standard InChI is InChI=1S/C18H19N3O/c1-12-7-8-17-15(9-12)21-18(22-17)14-10-19-11-16(14)20-13-5-3-2-4-6-13/h2-9,14,16,19-20H,10-11H2,1H3. The zero-order valence-corrected chi connectivity index (χ0v) is 12.5. The summed E-state index contributed by atoms with van der Waals surface area (Å²) < 4.78 is 5.98. The highest BCUT2D eigenvalue weighted by molar-refractivity contribution is 5.73.